The van der Waals surface area contributed by atoms with Gasteiger partial charge in [0.2, 0.25) is 0 Å². The van der Waals surface area contributed by atoms with Crippen molar-refractivity contribution in [2.75, 3.05) is 47.5 Å². The Labute approximate surface area is 350 Å². The Bertz CT molecular complexity index is 1050. The lowest BCUT2D eigenvalue weighted by Gasteiger charge is -2.28. The van der Waals surface area contributed by atoms with Gasteiger partial charge in [-0.3, -0.25) is 14.2 Å². The molecule has 1 aliphatic rings. The second-order valence-corrected chi connectivity index (χ2v) is 18.9. The van der Waals surface area contributed by atoms with Gasteiger partial charge < -0.3 is 32.6 Å². The first-order valence-corrected chi connectivity index (χ1v) is 25.0. The lowest BCUT2D eigenvalue weighted by atomic mass is 10.0. The third-order valence-electron chi connectivity index (χ3n) is 10.7. The number of rotatable bonds is 42. The number of quaternary nitrogens is 1. The summed E-state index contributed by atoms with van der Waals surface area (Å²) in [6, 6.07) is 0. The number of nitrogens with zero attached hydrogens (tertiary/aromatic N) is 1. The van der Waals surface area contributed by atoms with Crippen molar-refractivity contribution in [2.45, 2.75) is 225 Å². The third kappa shape index (κ3) is 36.3. The van der Waals surface area contributed by atoms with Crippen LogP contribution in [0.1, 0.15) is 206 Å². The molecular formula is C46H88NO9P. The summed E-state index contributed by atoms with van der Waals surface area (Å²) in [5.41, 5.74) is 0. The van der Waals surface area contributed by atoms with E-state index in [2.05, 4.69) is 26.0 Å². The number of epoxide rings is 1. The number of phosphoric acid groups is 1. The molecule has 0 bridgehead atoms. The number of carbonyl (C=O) groups is 2. The van der Waals surface area contributed by atoms with Gasteiger partial charge in [0.05, 0.1) is 40.0 Å². The second-order valence-electron chi connectivity index (χ2n) is 17.5. The zero-order valence-corrected chi connectivity index (χ0v) is 38.4. The molecule has 0 N–H and O–H groups in total. The SMILES string of the molecule is CCCCCCCCCCCCCCCCCCCC(=O)O[C@H](COC(=O)CCCCCCC/C=C\CC1OC1CCCCC)COP(=O)([O-])OCC[N+](C)(C)C. The molecule has 11 heteroatoms. The smallest absolute Gasteiger partial charge is 0.306 e. The summed E-state index contributed by atoms with van der Waals surface area (Å²) < 4.78 is 39.7. The molecule has 336 valence electrons. The zero-order chi connectivity index (χ0) is 41.9. The maximum atomic E-state index is 12.7. The highest BCUT2D eigenvalue weighted by molar-refractivity contribution is 7.45. The van der Waals surface area contributed by atoms with E-state index >= 15 is 0 Å². The second kappa shape index (κ2) is 35.5. The minimum atomic E-state index is -4.63. The summed E-state index contributed by atoms with van der Waals surface area (Å²) >= 11 is 0. The van der Waals surface area contributed by atoms with Gasteiger partial charge in [-0.2, -0.15) is 0 Å². The first-order chi connectivity index (χ1) is 27.5. The molecular weight excluding hydrogens is 741 g/mol. The van der Waals surface area contributed by atoms with Crippen LogP contribution >= 0.6 is 7.82 Å². The van der Waals surface area contributed by atoms with Gasteiger partial charge in [-0.25, -0.2) is 0 Å². The molecule has 0 radical (unpaired) electrons. The van der Waals surface area contributed by atoms with Gasteiger partial charge in [0, 0.05) is 12.8 Å². The highest BCUT2D eigenvalue weighted by Gasteiger charge is 2.36. The van der Waals surface area contributed by atoms with Crippen LogP contribution in [0.4, 0.5) is 0 Å². The van der Waals surface area contributed by atoms with Crippen LogP contribution in [0.25, 0.3) is 0 Å². The molecule has 4 atom stereocenters. The number of carbonyl (C=O) groups excluding carboxylic acids is 2. The summed E-state index contributed by atoms with van der Waals surface area (Å²) in [6.07, 6.45) is 38.3. The Morgan fingerprint density at radius 2 is 1.12 bits per heavy atom. The highest BCUT2D eigenvalue weighted by atomic mass is 31.2. The van der Waals surface area contributed by atoms with E-state index in [1.807, 2.05) is 21.1 Å². The number of unbranched alkanes of at least 4 members (excludes halogenated alkanes) is 23. The number of allylic oxidation sites excluding steroid dienone is 1. The van der Waals surface area contributed by atoms with Crippen LogP contribution in [0.2, 0.25) is 0 Å². The topological polar surface area (TPSA) is 124 Å². The van der Waals surface area contributed by atoms with Crippen LogP contribution in [0.5, 0.6) is 0 Å². The Morgan fingerprint density at radius 1 is 0.632 bits per heavy atom. The Kier molecular flexibility index (Phi) is 33.4. The number of phosphoric ester groups is 1. The van der Waals surface area contributed by atoms with E-state index in [4.69, 9.17) is 23.3 Å². The van der Waals surface area contributed by atoms with Gasteiger partial charge in [0.25, 0.3) is 7.82 Å². The van der Waals surface area contributed by atoms with Gasteiger partial charge in [0.1, 0.15) is 19.8 Å². The van der Waals surface area contributed by atoms with Crippen LogP contribution < -0.4 is 4.89 Å². The molecule has 1 fully saturated rings. The maximum absolute atomic E-state index is 12.7. The van der Waals surface area contributed by atoms with Gasteiger partial charge in [0.15, 0.2) is 6.10 Å². The van der Waals surface area contributed by atoms with Crippen molar-refractivity contribution in [3.05, 3.63) is 12.2 Å². The fourth-order valence-corrected chi connectivity index (χ4v) is 7.63. The van der Waals surface area contributed by atoms with E-state index in [-0.39, 0.29) is 26.1 Å². The minimum Gasteiger partial charge on any atom is -0.756 e. The third-order valence-corrected chi connectivity index (χ3v) is 11.7. The summed E-state index contributed by atoms with van der Waals surface area (Å²) in [5.74, 6) is -0.846. The van der Waals surface area contributed by atoms with Crippen LogP contribution in [-0.4, -0.2) is 82.2 Å². The fraction of sp³-hybridized carbons (Fsp3) is 0.913. The zero-order valence-electron chi connectivity index (χ0n) is 37.5. The standard InChI is InChI=1S/C46H88NO9P/c1-6-8-10-11-12-13-14-15-16-17-18-19-20-21-26-29-33-37-46(49)55-42(41-54-57(50,51)53-39-38-47(3,4)5)40-52-45(48)36-32-28-25-23-22-24-27-31-35-44-43(56-44)34-30-9-7-2/h27,31,42-44H,6-26,28-30,32-41H2,1-5H3/b31-27-/t42-,43?,44?/m1/s1. The maximum Gasteiger partial charge on any atom is 0.306 e. The molecule has 0 spiro atoms. The van der Waals surface area contributed by atoms with Gasteiger partial charge in [-0.1, -0.05) is 167 Å². The average Bonchev–Trinajstić information content (AvgIpc) is 3.91. The van der Waals surface area contributed by atoms with Crippen molar-refractivity contribution >= 4 is 19.8 Å². The van der Waals surface area contributed by atoms with Crippen molar-refractivity contribution in [1.82, 2.24) is 0 Å². The van der Waals surface area contributed by atoms with E-state index in [0.29, 0.717) is 36.1 Å². The molecule has 1 heterocycles. The predicted octanol–water partition coefficient (Wildman–Crippen LogP) is 11.7. The summed E-state index contributed by atoms with van der Waals surface area (Å²) in [6.45, 7) is 4.20. The van der Waals surface area contributed by atoms with Crippen molar-refractivity contribution in [3.8, 4) is 0 Å². The molecule has 3 unspecified atom stereocenters. The average molecular weight is 830 g/mol. The van der Waals surface area contributed by atoms with Gasteiger partial charge in [-0.15, -0.1) is 0 Å². The molecule has 1 saturated heterocycles. The monoisotopic (exact) mass is 830 g/mol. The fourth-order valence-electron chi connectivity index (χ4n) is 6.90. The largest absolute Gasteiger partial charge is 0.756 e. The van der Waals surface area contributed by atoms with Crippen LogP contribution in [0, 0.1) is 0 Å². The van der Waals surface area contributed by atoms with Crippen molar-refractivity contribution in [3.63, 3.8) is 0 Å². The molecule has 10 nitrogen and oxygen atoms in total. The first kappa shape index (κ1) is 53.7. The molecule has 1 rings (SSSR count). The van der Waals surface area contributed by atoms with Gasteiger partial charge in [-0.05, 0) is 38.5 Å². The molecule has 1 aliphatic heterocycles. The van der Waals surface area contributed by atoms with Crippen LogP contribution in [0.15, 0.2) is 12.2 Å². The number of esters is 2. The normalized spacial score (nSPS) is 17.2. The Hall–Kier alpha value is -1.29. The van der Waals surface area contributed by atoms with E-state index < -0.39 is 32.5 Å². The van der Waals surface area contributed by atoms with Crippen molar-refractivity contribution in [2.24, 2.45) is 0 Å². The first-order valence-electron chi connectivity index (χ1n) is 23.5. The molecule has 0 aromatic rings. The van der Waals surface area contributed by atoms with Crippen molar-refractivity contribution < 1.29 is 46.8 Å². The highest BCUT2D eigenvalue weighted by Crippen LogP contribution is 2.38. The molecule has 0 saturated carbocycles. The number of hydrogen-bond acceptors (Lipinski definition) is 9. The molecule has 0 aromatic heterocycles. The molecule has 0 aliphatic carbocycles. The summed E-state index contributed by atoms with van der Waals surface area (Å²) in [4.78, 5) is 37.6. The van der Waals surface area contributed by atoms with Crippen LogP contribution in [0.3, 0.4) is 0 Å². The number of ether oxygens (including phenoxy) is 3. The Morgan fingerprint density at radius 3 is 1.67 bits per heavy atom. The van der Waals surface area contributed by atoms with E-state index in [1.165, 1.54) is 116 Å². The summed E-state index contributed by atoms with van der Waals surface area (Å²) in [5, 5.41) is 0. The van der Waals surface area contributed by atoms with Gasteiger partial charge >= 0.3 is 11.9 Å². The molecule has 0 amide bonds. The number of likely N-dealkylation sites (N-methyl/N-ethyl adjacent to an activating group) is 1. The van der Waals surface area contributed by atoms with E-state index in [0.717, 1.165) is 51.4 Å². The molecule has 57 heavy (non-hydrogen) atoms. The Balaban J connectivity index is 2.24. The predicted molar refractivity (Wildman–Crippen MR) is 231 cm³/mol. The summed E-state index contributed by atoms with van der Waals surface area (Å²) in [7, 11) is 1.16. The lowest BCUT2D eigenvalue weighted by molar-refractivity contribution is -0.870. The van der Waals surface area contributed by atoms with Crippen molar-refractivity contribution in [1.29, 1.82) is 0 Å². The number of hydrogen-bond donors (Lipinski definition) is 0. The molecule has 0 aromatic carbocycles. The minimum absolute atomic E-state index is 0.0325. The lowest BCUT2D eigenvalue weighted by Crippen LogP contribution is -2.37. The van der Waals surface area contributed by atoms with E-state index in [9.17, 15) is 19.0 Å². The van der Waals surface area contributed by atoms with E-state index in [1.54, 1.807) is 0 Å². The quantitative estimate of drug-likeness (QED) is 0.0148. The van der Waals surface area contributed by atoms with Crippen LogP contribution in [-0.2, 0) is 37.4 Å².